The van der Waals surface area contributed by atoms with Gasteiger partial charge in [0.2, 0.25) is 0 Å². The van der Waals surface area contributed by atoms with Gasteiger partial charge in [0.15, 0.2) is 0 Å². The molecule has 2 aromatic heterocycles. The van der Waals surface area contributed by atoms with E-state index in [1.807, 2.05) is 0 Å². The molecular formula is C29H24GeNO+. The predicted molar refractivity (Wildman–Crippen MR) is 137 cm³/mol. The molecule has 2 nitrogen and oxygen atoms in total. The van der Waals surface area contributed by atoms with Crippen LogP contribution in [-0.4, -0.2) is 13.3 Å². The van der Waals surface area contributed by atoms with Gasteiger partial charge in [-0.15, -0.1) is 0 Å². The second kappa shape index (κ2) is 6.02. The molecule has 0 aliphatic carbocycles. The quantitative estimate of drug-likeness (QED) is 0.200. The molecule has 1 aliphatic heterocycles. The van der Waals surface area contributed by atoms with Crippen molar-refractivity contribution in [2.75, 3.05) is 0 Å². The molecule has 0 saturated heterocycles. The van der Waals surface area contributed by atoms with E-state index in [0.29, 0.717) is 0 Å². The average molecular weight is 475 g/mol. The topological polar surface area (TPSA) is 17.0 Å². The van der Waals surface area contributed by atoms with Crippen molar-refractivity contribution >= 4 is 65.5 Å². The Bertz CT molecular complexity index is 1770. The minimum absolute atomic E-state index is 0.972. The van der Waals surface area contributed by atoms with Crippen LogP contribution in [0.15, 0.2) is 77.3 Å². The molecule has 0 N–H and O–H groups in total. The summed E-state index contributed by atoms with van der Waals surface area (Å²) in [6, 6.07) is 24.5. The van der Waals surface area contributed by atoms with Gasteiger partial charge in [-0.3, -0.25) is 0 Å². The number of furan rings is 1. The summed E-state index contributed by atoms with van der Waals surface area (Å²) < 4.78 is 11.9. The third-order valence-electron chi connectivity index (χ3n) is 7.65. The van der Waals surface area contributed by atoms with E-state index in [1.165, 1.54) is 49.1 Å². The van der Waals surface area contributed by atoms with Gasteiger partial charge in [0, 0.05) is 0 Å². The van der Waals surface area contributed by atoms with Crippen LogP contribution in [0, 0.1) is 6.92 Å². The van der Waals surface area contributed by atoms with Crippen molar-refractivity contribution in [1.82, 2.24) is 0 Å². The van der Waals surface area contributed by atoms with Gasteiger partial charge in [-0.05, 0) is 0 Å². The molecule has 0 amide bonds. The van der Waals surface area contributed by atoms with Crippen LogP contribution in [0.25, 0.3) is 54.7 Å². The molecule has 1 aliphatic rings. The summed E-state index contributed by atoms with van der Waals surface area (Å²) in [5, 5.41) is 7.83. The molecule has 0 atom stereocenters. The summed E-state index contributed by atoms with van der Waals surface area (Å²) in [4.78, 5) is 0. The summed E-state index contributed by atoms with van der Waals surface area (Å²) in [6.07, 6.45) is 2.21. The Labute approximate surface area is 189 Å². The Kier molecular flexibility index (Phi) is 3.47. The van der Waals surface area contributed by atoms with Crippen molar-refractivity contribution < 1.29 is 8.98 Å². The molecule has 4 aromatic carbocycles. The van der Waals surface area contributed by atoms with Crippen molar-refractivity contribution in [3.63, 3.8) is 0 Å². The molecule has 0 radical (unpaired) electrons. The van der Waals surface area contributed by atoms with E-state index in [2.05, 4.69) is 103 Å². The average Bonchev–Trinajstić information content (AvgIpc) is 3.17. The number of hydrogen-bond acceptors (Lipinski definition) is 1. The maximum absolute atomic E-state index is 6.45. The molecule has 0 unspecified atom stereocenters. The van der Waals surface area contributed by atoms with Gasteiger partial charge in [0.25, 0.3) is 0 Å². The number of pyridine rings is 1. The Morgan fingerprint density at radius 2 is 1.53 bits per heavy atom. The maximum atomic E-state index is 6.45. The zero-order valence-electron chi connectivity index (χ0n) is 18.8. The van der Waals surface area contributed by atoms with Gasteiger partial charge in [0.1, 0.15) is 0 Å². The molecule has 7 rings (SSSR count). The first-order valence-corrected chi connectivity index (χ1v) is 17.6. The first-order valence-electron chi connectivity index (χ1n) is 11.3. The molecular weight excluding hydrogens is 451 g/mol. The van der Waals surface area contributed by atoms with Crippen LogP contribution in [-0.2, 0) is 7.05 Å². The number of aryl methyl sites for hydroxylation is 2. The molecule has 3 heteroatoms. The van der Waals surface area contributed by atoms with E-state index in [-0.39, 0.29) is 0 Å². The third-order valence-corrected chi connectivity index (χ3v) is 15.0. The standard InChI is InChI=1S/C29H24GeNO/c1-17-19-10-6-5-9-18(19)15-23-26(17)28-27-21(13-14-31(28)4)29-22(16-24(27)30(23,2)3)20-11-7-8-12-25(20)32-29/h5-16H,1-4H3/q+1. The van der Waals surface area contributed by atoms with Crippen LogP contribution in [0.1, 0.15) is 5.56 Å². The number of rotatable bonds is 0. The summed E-state index contributed by atoms with van der Waals surface area (Å²) in [5.74, 6) is 5.12. The van der Waals surface area contributed by atoms with Crippen LogP contribution in [0.3, 0.4) is 0 Å². The van der Waals surface area contributed by atoms with E-state index in [4.69, 9.17) is 4.42 Å². The molecule has 6 aromatic rings. The van der Waals surface area contributed by atoms with Crippen molar-refractivity contribution in [2.24, 2.45) is 7.05 Å². The Morgan fingerprint density at radius 3 is 2.38 bits per heavy atom. The SMILES string of the molecule is Cc1c2[c](cc3ccccc13)[Ge]([CH3])([CH3])[c]1cc3c4ccccc4oc3c3cc[n+](C)c-2c13. The van der Waals surface area contributed by atoms with Gasteiger partial charge in [0.05, 0.1) is 0 Å². The van der Waals surface area contributed by atoms with Crippen LogP contribution >= 0.6 is 0 Å². The fraction of sp³-hybridized carbons (Fsp3) is 0.138. The minimum atomic E-state index is -2.61. The van der Waals surface area contributed by atoms with Gasteiger partial charge in [-0.25, -0.2) is 0 Å². The van der Waals surface area contributed by atoms with Crippen molar-refractivity contribution in [3.8, 4) is 11.3 Å². The van der Waals surface area contributed by atoms with Crippen molar-refractivity contribution in [2.45, 2.75) is 18.4 Å². The second-order valence-corrected chi connectivity index (χ2v) is 18.8. The van der Waals surface area contributed by atoms with Crippen molar-refractivity contribution in [1.29, 1.82) is 0 Å². The van der Waals surface area contributed by atoms with E-state index < -0.39 is 13.3 Å². The monoisotopic (exact) mass is 476 g/mol. The van der Waals surface area contributed by atoms with Gasteiger partial charge in [-0.1, -0.05) is 0 Å². The van der Waals surface area contributed by atoms with Gasteiger partial charge < -0.3 is 0 Å². The van der Waals surface area contributed by atoms with E-state index in [0.717, 1.165) is 11.2 Å². The Balaban J connectivity index is 1.77. The Hall–Kier alpha value is -3.11. The molecule has 3 heterocycles. The number of benzene rings is 4. The number of fused-ring (bicyclic) bond motifs is 7. The Morgan fingerprint density at radius 1 is 0.781 bits per heavy atom. The zero-order chi connectivity index (χ0) is 21.8. The van der Waals surface area contributed by atoms with Crippen molar-refractivity contribution in [3.05, 3.63) is 78.5 Å². The second-order valence-electron chi connectivity index (χ2n) is 9.73. The fourth-order valence-electron chi connectivity index (χ4n) is 6.00. The third kappa shape index (κ3) is 2.14. The first kappa shape index (κ1) is 18.5. The van der Waals surface area contributed by atoms with Crippen LogP contribution in [0.4, 0.5) is 0 Å². The molecule has 32 heavy (non-hydrogen) atoms. The summed E-state index contributed by atoms with van der Waals surface area (Å²) >= 11 is -2.61. The van der Waals surface area contributed by atoms with E-state index >= 15 is 0 Å². The van der Waals surface area contributed by atoms with Crippen LogP contribution in [0.2, 0.25) is 11.5 Å². The summed E-state index contributed by atoms with van der Waals surface area (Å²) in [7, 11) is 2.19. The van der Waals surface area contributed by atoms with Gasteiger partial charge in [-0.2, -0.15) is 0 Å². The molecule has 0 bridgehead atoms. The normalized spacial score (nSPS) is 14.5. The molecule has 0 saturated carbocycles. The number of nitrogens with zero attached hydrogens (tertiary/aromatic N) is 1. The predicted octanol–water partition coefficient (Wildman–Crippen LogP) is 5.83. The first-order chi connectivity index (χ1) is 15.5. The zero-order valence-corrected chi connectivity index (χ0v) is 20.9. The fourth-order valence-corrected chi connectivity index (χ4v) is 12.5. The molecule has 154 valence electrons. The number of para-hydroxylation sites is 1. The van der Waals surface area contributed by atoms with Crippen LogP contribution < -0.4 is 13.4 Å². The summed E-state index contributed by atoms with van der Waals surface area (Å²) in [5.41, 5.74) is 6.18. The van der Waals surface area contributed by atoms with E-state index in [9.17, 15) is 0 Å². The summed E-state index contributed by atoms with van der Waals surface area (Å²) in [6.45, 7) is 2.31. The van der Waals surface area contributed by atoms with Gasteiger partial charge >= 0.3 is 190 Å². The molecule has 0 fully saturated rings. The van der Waals surface area contributed by atoms with Crippen LogP contribution in [0.5, 0.6) is 0 Å². The number of aromatic nitrogens is 1. The number of hydrogen-bond donors (Lipinski definition) is 0. The van der Waals surface area contributed by atoms with E-state index in [1.54, 1.807) is 8.79 Å². The molecule has 0 spiro atoms.